The number of amides is 1. The topological polar surface area (TPSA) is 72.8 Å². The summed E-state index contributed by atoms with van der Waals surface area (Å²) in [5.41, 5.74) is 0.938. The minimum absolute atomic E-state index is 0.0142. The van der Waals surface area contributed by atoms with Crippen molar-refractivity contribution >= 4 is 17.5 Å². The van der Waals surface area contributed by atoms with Gasteiger partial charge in [-0.15, -0.1) is 0 Å². The number of hydrogen-bond donors (Lipinski definition) is 3. The van der Waals surface area contributed by atoms with E-state index in [-0.39, 0.29) is 19.0 Å². The van der Waals surface area contributed by atoms with Crippen LogP contribution in [0.15, 0.2) is 54.6 Å². The van der Waals surface area contributed by atoms with Crippen molar-refractivity contribution in [3.05, 3.63) is 70.7 Å². The third-order valence-electron chi connectivity index (χ3n) is 5.52. The van der Waals surface area contributed by atoms with Crippen LogP contribution in [0.25, 0.3) is 0 Å². The molecule has 0 bridgehead atoms. The number of halogens is 1. The number of carbonyl (C=O) groups excluding carboxylic acids is 1. The first-order chi connectivity index (χ1) is 14.0. The van der Waals surface area contributed by atoms with Crippen LogP contribution in [-0.4, -0.2) is 58.9 Å². The zero-order valence-corrected chi connectivity index (χ0v) is 17.3. The van der Waals surface area contributed by atoms with Gasteiger partial charge in [-0.05, 0) is 49.1 Å². The Kier molecular flexibility index (Phi) is 7.67. The molecule has 0 unspecified atom stereocenters. The fourth-order valence-electron chi connectivity index (χ4n) is 3.69. The number of likely N-dealkylation sites (tertiary alicyclic amines) is 1. The monoisotopic (exact) mass is 416 g/mol. The number of β-amino-alcohol motifs (C(OH)–C–C–N with tert-alkyl or cyclic N) is 1. The number of rotatable bonds is 8. The van der Waals surface area contributed by atoms with E-state index in [1.54, 1.807) is 4.90 Å². The van der Waals surface area contributed by atoms with Gasteiger partial charge in [-0.25, -0.2) is 0 Å². The van der Waals surface area contributed by atoms with E-state index in [9.17, 15) is 15.0 Å². The lowest BCUT2D eigenvalue weighted by Crippen LogP contribution is -2.62. The van der Waals surface area contributed by atoms with Crippen LogP contribution in [0.3, 0.4) is 0 Å². The highest BCUT2D eigenvalue weighted by molar-refractivity contribution is 6.30. The molecule has 2 atom stereocenters. The molecule has 2 aromatic carbocycles. The van der Waals surface area contributed by atoms with Gasteiger partial charge in [0, 0.05) is 24.5 Å². The number of aliphatic hydroxyl groups excluding tert-OH is 1. The van der Waals surface area contributed by atoms with Gasteiger partial charge in [0.2, 0.25) is 5.91 Å². The number of hydrogen-bond acceptors (Lipinski definition) is 4. The van der Waals surface area contributed by atoms with Crippen LogP contribution in [0, 0.1) is 0 Å². The minimum atomic E-state index is -1.33. The van der Waals surface area contributed by atoms with Gasteiger partial charge in [0.1, 0.15) is 5.60 Å². The molecule has 0 radical (unpaired) electrons. The van der Waals surface area contributed by atoms with Crippen molar-refractivity contribution in [3.8, 4) is 0 Å². The largest absolute Gasteiger partial charge is 0.390 e. The zero-order valence-electron chi connectivity index (χ0n) is 16.6. The smallest absolute Gasteiger partial charge is 0.223 e. The van der Waals surface area contributed by atoms with E-state index >= 15 is 0 Å². The van der Waals surface area contributed by atoms with Crippen LogP contribution in [0.4, 0.5) is 0 Å². The molecule has 1 fully saturated rings. The first-order valence-corrected chi connectivity index (χ1v) is 10.5. The Morgan fingerprint density at radius 3 is 2.52 bits per heavy atom. The Balaban J connectivity index is 1.47. The number of aryl methyl sites for hydroxylation is 1. The van der Waals surface area contributed by atoms with Gasteiger partial charge < -0.3 is 20.4 Å². The number of piperidine rings is 1. The summed E-state index contributed by atoms with van der Waals surface area (Å²) in [6.07, 6.45) is 1.41. The molecule has 1 aliphatic rings. The number of nitrogens with one attached hydrogen (secondary N) is 1. The molecule has 1 saturated heterocycles. The predicted octanol–water partition coefficient (Wildman–Crippen LogP) is 2.43. The first kappa shape index (κ1) is 21.8. The summed E-state index contributed by atoms with van der Waals surface area (Å²) in [4.78, 5) is 14.3. The molecule has 0 spiro atoms. The Hall–Kier alpha value is -1.92. The molecule has 0 saturated carbocycles. The molecule has 29 heavy (non-hydrogen) atoms. The number of aliphatic hydroxyl groups is 2. The second-order valence-corrected chi connectivity index (χ2v) is 8.20. The van der Waals surface area contributed by atoms with Crippen molar-refractivity contribution in [1.29, 1.82) is 0 Å². The fourth-order valence-corrected chi connectivity index (χ4v) is 3.82. The lowest BCUT2D eigenvalue weighted by Gasteiger charge is -2.43. The van der Waals surface area contributed by atoms with Crippen molar-refractivity contribution in [2.24, 2.45) is 0 Å². The number of benzene rings is 2. The Labute approximate surface area is 177 Å². The Morgan fingerprint density at radius 2 is 1.79 bits per heavy atom. The molecule has 1 heterocycles. The molecule has 2 aromatic rings. The van der Waals surface area contributed by atoms with Crippen molar-refractivity contribution in [2.75, 3.05) is 26.2 Å². The molecule has 3 N–H and O–H groups in total. The molecule has 0 aliphatic carbocycles. The van der Waals surface area contributed by atoms with Gasteiger partial charge in [0.05, 0.1) is 12.6 Å². The molecular weight excluding hydrogens is 388 g/mol. The van der Waals surface area contributed by atoms with Crippen LogP contribution in [0.5, 0.6) is 0 Å². The van der Waals surface area contributed by atoms with Gasteiger partial charge in [-0.3, -0.25) is 4.79 Å². The second kappa shape index (κ2) is 10.2. The quantitative estimate of drug-likeness (QED) is 0.578. The van der Waals surface area contributed by atoms with Crippen molar-refractivity contribution in [1.82, 2.24) is 10.2 Å². The summed E-state index contributed by atoms with van der Waals surface area (Å²) in [6.45, 7) is 1.53. The van der Waals surface area contributed by atoms with E-state index in [0.717, 1.165) is 17.5 Å². The average Bonchev–Trinajstić information content (AvgIpc) is 2.73. The first-order valence-electron chi connectivity index (χ1n) is 10.1. The Morgan fingerprint density at radius 1 is 1.10 bits per heavy atom. The summed E-state index contributed by atoms with van der Waals surface area (Å²) < 4.78 is 0. The lowest BCUT2D eigenvalue weighted by molar-refractivity contribution is -0.150. The van der Waals surface area contributed by atoms with Crippen LogP contribution < -0.4 is 5.32 Å². The normalized spacial score (nSPS) is 21.9. The van der Waals surface area contributed by atoms with E-state index in [2.05, 4.69) is 5.32 Å². The van der Waals surface area contributed by atoms with Crippen LogP contribution in [0.1, 0.15) is 24.0 Å². The number of nitrogens with zero attached hydrogens (tertiary/aromatic N) is 1. The summed E-state index contributed by atoms with van der Waals surface area (Å²) in [5.74, 6) is 0.0142. The van der Waals surface area contributed by atoms with E-state index < -0.39 is 11.7 Å². The van der Waals surface area contributed by atoms with E-state index in [1.165, 1.54) is 0 Å². The van der Waals surface area contributed by atoms with Crippen molar-refractivity contribution in [3.63, 3.8) is 0 Å². The van der Waals surface area contributed by atoms with Crippen molar-refractivity contribution < 1.29 is 15.0 Å². The lowest BCUT2D eigenvalue weighted by atomic mass is 9.89. The molecule has 5 nitrogen and oxygen atoms in total. The van der Waals surface area contributed by atoms with E-state index in [0.29, 0.717) is 37.4 Å². The summed E-state index contributed by atoms with van der Waals surface area (Å²) >= 11 is 5.90. The summed E-state index contributed by atoms with van der Waals surface area (Å²) in [7, 11) is 0. The van der Waals surface area contributed by atoms with E-state index in [1.807, 2.05) is 54.6 Å². The van der Waals surface area contributed by atoms with Crippen LogP contribution in [-0.2, 0) is 17.6 Å². The second-order valence-electron chi connectivity index (χ2n) is 7.76. The standard InChI is InChI=1S/C23H29ClN2O3/c24-20-9-6-19(7-10-20)12-14-25-16-23(29)17-26(15-13-21(23)27)22(28)11-8-18-4-2-1-3-5-18/h1-7,9-10,21,25,27,29H,8,11-17H2/t21-,23+/m0/s1. The maximum absolute atomic E-state index is 12.6. The maximum atomic E-state index is 12.6. The number of carbonyl (C=O) groups is 1. The minimum Gasteiger partial charge on any atom is -0.390 e. The third-order valence-corrected chi connectivity index (χ3v) is 5.77. The molecule has 1 amide bonds. The predicted molar refractivity (Wildman–Crippen MR) is 115 cm³/mol. The summed E-state index contributed by atoms with van der Waals surface area (Å²) in [6, 6.07) is 17.6. The molecule has 1 aliphatic heterocycles. The van der Waals surface area contributed by atoms with Gasteiger partial charge in [0.25, 0.3) is 0 Å². The van der Waals surface area contributed by atoms with Crippen LogP contribution in [0.2, 0.25) is 5.02 Å². The maximum Gasteiger partial charge on any atom is 0.223 e. The molecular formula is C23H29ClN2O3. The molecule has 6 heteroatoms. The molecule has 156 valence electrons. The SMILES string of the molecule is O=C(CCc1ccccc1)N1CC[C@H](O)[C@@](O)(CNCCc2ccc(Cl)cc2)C1. The van der Waals surface area contributed by atoms with E-state index in [4.69, 9.17) is 11.6 Å². The van der Waals surface area contributed by atoms with Gasteiger partial charge in [-0.1, -0.05) is 54.1 Å². The highest BCUT2D eigenvalue weighted by atomic mass is 35.5. The average molecular weight is 417 g/mol. The van der Waals surface area contributed by atoms with Crippen molar-refractivity contribution in [2.45, 2.75) is 37.4 Å². The molecule has 0 aromatic heterocycles. The van der Waals surface area contributed by atoms with Gasteiger partial charge in [0.15, 0.2) is 0 Å². The van der Waals surface area contributed by atoms with Gasteiger partial charge >= 0.3 is 0 Å². The third kappa shape index (κ3) is 6.28. The Bertz CT molecular complexity index is 784. The van der Waals surface area contributed by atoms with Crippen LogP contribution >= 0.6 is 11.6 Å². The van der Waals surface area contributed by atoms with Gasteiger partial charge in [-0.2, -0.15) is 0 Å². The highest BCUT2D eigenvalue weighted by Crippen LogP contribution is 2.22. The highest BCUT2D eigenvalue weighted by Gasteiger charge is 2.41. The molecule has 3 rings (SSSR count). The summed E-state index contributed by atoms with van der Waals surface area (Å²) in [5, 5.41) is 25.2. The fraction of sp³-hybridized carbons (Fsp3) is 0.435. The zero-order chi connectivity index (χ0) is 20.7.